The number of nitrogens with one attached hydrogen (secondary N) is 1. The highest BCUT2D eigenvalue weighted by Gasteiger charge is 2.14. The Morgan fingerprint density at radius 1 is 1.24 bits per heavy atom. The van der Waals surface area contributed by atoms with Crippen molar-refractivity contribution in [3.8, 4) is 0 Å². The van der Waals surface area contributed by atoms with Gasteiger partial charge >= 0.3 is 0 Å². The van der Waals surface area contributed by atoms with Crippen LogP contribution in [0.4, 0.5) is 0 Å². The maximum atomic E-state index is 11.7. The van der Waals surface area contributed by atoms with E-state index >= 15 is 0 Å². The van der Waals surface area contributed by atoms with Crippen LogP contribution in [-0.4, -0.2) is 43.7 Å². The zero-order valence-electron chi connectivity index (χ0n) is 13.0. The van der Waals surface area contributed by atoms with Gasteiger partial charge in [0.25, 0.3) is 0 Å². The summed E-state index contributed by atoms with van der Waals surface area (Å²) in [6.07, 6.45) is 0. The lowest BCUT2D eigenvalue weighted by atomic mass is 10.1. The molecule has 0 unspecified atom stereocenters. The Balaban J connectivity index is 2.05. The van der Waals surface area contributed by atoms with Crippen LogP contribution >= 0.6 is 0 Å². The molecule has 0 saturated carbocycles. The van der Waals surface area contributed by atoms with Crippen molar-refractivity contribution in [3.63, 3.8) is 0 Å². The summed E-state index contributed by atoms with van der Waals surface area (Å²) in [5.74, 6) is 0.114. The van der Waals surface area contributed by atoms with Crippen LogP contribution in [0.2, 0.25) is 0 Å². The van der Waals surface area contributed by atoms with Gasteiger partial charge in [0.1, 0.15) is 0 Å². The van der Waals surface area contributed by atoms with E-state index in [1.165, 1.54) is 26.5 Å². The number of sulfonamides is 1. The van der Waals surface area contributed by atoms with Crippen LogP contribution in [0.15, 0.2) is 24.3 Å². The van der Waals surface area contributed by atoms with E-state index in [2.05, 4.69) is 28.9 Å². The molecule has 0 bridgehead atoms. The lowest BCUT2D eigenvalue weighted by molar-refractivity contribution is 0.517. The molecule has 116 valence electrons. The van der Waals surface area contributed by atoms with Crippen LogP contribution in [-0.2, 0) is 23.6 Å². The quantitative estimate of drug-likeness (QED) is 0.822. The van der Waals surface area contributed by atoms with E-state index in [0.29, 0.717) is 13.1 Å². The van der Waals surface area contributed by atoms with Gasteiger partial charge in [-0.25, -0.2) is 12.7 Å². The molecule has 1 heterocycles. The maximum Gasteiger partial charge on any atom is 0.214 e. The van der Waals surface area contributed by atoms with Gasteiger partial charge in [-0.1, -0.05) is 18.2 Å². The van der Waals surface area contributed by atoms with Crippen LogP contribution in [0.5, 0.6) is 0 Å². The van der Waals surface area contributed by atoms with Gasteiger partial charge in [0.15, 0.2) is 0 Å². The summed E-state index contributed by atoms with van der Waals surface area (Å²) in [5.41, 5.74) is 3.64. The topological polar surface area (TPSA) is 54.3 Å². The number of fused-ring (bicyclic) bond motifs is 1. The fraction of sp³-hybridized carbons (Fsp3) is 0.467. The Labute approximate surface area is 126 Å². The molecular formula is C15H23N3O2S. The van der Waals surface area contributed by atoms with Gasteiger partial charge in [0, 0.05) is 50.8 Å². The number of hydrogen-bond acceptors (Lipinski definition) is 3. The van der Waals surface area contributed by atoms with Crippen molar-refractivity contribution < 1.29 is 8.42 Å². The van der Waals surface area contributed by atoms with E-state index < -0.39 is 10.0 Å². The number of aryl methyl sites for hydroxylation is 2. The molecule has 1 N–H and O–H groups in total. The van der Waals surface area contributed by atoms with Gasteiger partial charge in [0.2, 0.25) is 10.0 Å². The Kier molecular flexibility index (Phi) is 4.70. The van der Waals surface area contributed by atoms with Crippen LogP contribution in [0.1, 0.15) is 11.3 Å². The lowest BCUT2D eigenvalue weighted by Crippen LogP contribution is -2.31. The minimum Gasteiger partial charge on any atom is -0.346 e. The van der Waals surface area contributed by atoms with E-state index in [4.69, 9.17) is 0 Å². The summed E-state index contributed by atoms with van der Waals surface area (Å²) in [5, 5.41) is 4.48. The van der Waals surface area contributed by atoms with Crippen molar-refractivity contribution in [1.29, 1.82) is 0 Å². The summed E-state index contributed by atoms with van der Waals surface area (Å²) < 4.78 is 26.8. The number of nitrogens with zero attached hydrogens (tertiary/aromatic N) is 2. The Hall–Kier alpha value is -1.37. The molecule has 0 radical (unpaired) electrons. The smallest absolute Gasteiger partial charge is 0.214 e. The first kappa shape index (κ1) is 16.0. The van der Waals surface area contributed by atoms with Gasteiger partial charge in [-0.05, 0) is 18.6 Å². The van der Waals surface area contributed by atoms with E-state index in [1.807, 2.05) is 19.2 Å². The molecule has 0 aliphatic rings. The zero-order valence-corrected chi connectivity index (χ0v) is 13.9. The molecule has 21 heavy (non-hydrogen) atoms. The number of rotatable bonds is 6. The van der Waals surface area contributed by atoms with Crippen molar-refractivity contribution in [3.05, 3.63) is 35.5 Å². The second-order valence-corrected chi connectivity index (χ2v) is 7.73. The first-order chi connectivity index (χ1) is 9.84. The average Bonchev–Trinajstić information content (AvgIpc) is 2.68. The van der Waals surface area contributed by atoms with E-state index in [0.717, 1.165) is 0 Å². The third kappa shape index (κ3) is 3.28. The first-order valence-electron chi connectivity index (χ1n) is 6.98. The van der Waals surface area contributed by atoms with E-state index in [1.54, 1.807) is 14.1 Å². The minimum absolute atomic E-state index is 0.114. The SMILES string of the molecule is Cc1c(CNCCS(=O)(=O)N(C)C)n(C)c2ccccc12. The zero-order chi connectivity index (χ0) is 15.6. The highest BCUT2D eigenvalue weighted by Crippen LogP contribution is 2.24. The molecule has 0 amide bonds. The third-order valence-electron chi connectivity index (χ3n) is 3.89. The summed E-state index contributed by atoms with van der Waals surface area (Å²) in [6.45, 7) is 3.22. The maximum absolute atomic E-state index is 11.7. The lowest BCUT2D eigenvalue weighted by Gasteiger charge is -2.12. The third-order valence-corrected chi connectivity index (χ3v) is 5.73. The van der Waals surface area contributed by atoms with Crippen LogP contribution < -0.4 is 5.32 Å². The highest BCUT2D eigenvalue weighted by atomic mass is 32.2. The highest BCUT2D eigenvalue weighted by molar-refractivity contribution is 7.89. The van der Waals surface area contributed by atoms with E-state index in [-0.39, 0.29) is 5.75 Å². The molecule has 0 atom stereocenters. The number of hydrogen-bond donors (Lipinski definition) is 1. The molecule has 1 aromatic heterocycles. The van der Waals surface area contributed by atoms with Crippen LogP contribution in [0, 0.1) is 6.92 Å². The number of para-hydroxylation sites is 1. The second kappa shape index (κ2) is 6.17. The fourth-order valence-electron chi connectivity index (χ4n) is 2.48. The van der Waals surface area contributed by atoms with Crippen LogP contribution in [0.3, 0.4) is 0 Å². The largest absolute Gasteiger partial charge is 0.346 e. The summed E-state index contributed by atoms with van der Waals surface area (Å²) in [7, 11) is 2.03. The molecule has 5 nitrogen and oxygen atoms in total. The van der Waals surface area contributed by atoms with Gasteiger partial charge in [-0.3, -0.25) is 0 Å². The minimum atomic E-state index is -3.13. The standard InChI is InChI=1S/C15H23N3O2S/c1-12-13-7-5-6-8-14(13)18(4)15(12)11-16-9-10-21(19,20)17(2)3/h5-8,16H,9-11H2,1-4H3. The van der Waals surface area contributed by atoms with Crippen molar-refractivity contribution in [2.45, 2.75) is 13.5 Å². The molecule has 0 spiro atoms. The molecule has 0 saturated heterocycles. The summed E-state index contributed by atoms with van der Waals surface area (Å²) in [4.78, 5) is 0. The van der Waals surface area contributed by atoms with Crippen molar-refractivity contribution in [1.82, 2.24) is 14.2 Å². The molecule has 6 heteroatoms. The van der Waals surface area contributed by atoms with Gasteiger partial charge in [-0.2, -0.15) is 0 Å². The molecule has 2 aromatic rings. The fourth-order valence-corrected chi connectivity index (χ4v) is 3.24. The molecule has 0 fully saturated rings. The van der Waals surface area contributed by atoms with Crippen molar-refractivity contribution >= 4 is 20.9 Å². The predicted molar refractivity (Wildman–Crippen MR) is 86.8 cm³/mol. The Bertz CT molecular complexity index is 694. The normalized spacial score (nSPS) is 12.4. The molecule has 0 aliphatic carbocycles. The van der Waals surface area contributed by atoms with Gasteiger partial charge < -0.3 is 9.88 Å². The molecule has 1 aromatic carbocycles. The molecular weight excluding hydrogens is 286 g/mol. The molecule has 0 aliphatic heterocycles. The van der Waals surface area contributed by atoms with Gasteiger partial charge in [0.05, 0.1) is 5.75 Å². The summed E-state index contributed by atoms with van der Waals surface area (Å²) in [6, 6.07) is 8.28. The summed E-state index contributed by atoms with van der Waals surface area (Å²) >= 11 is 0. The predicted octanol–water partition coefficient (Wildman–Crippen LogP) is 1.47. The second-order valence-electron chi connectivity index (χ2n) is 5.42. The van der Waals surface area contributed by atoms with Crippen molar-refractivity contribution in [2.24, 2.45) is 7.05 Å². The number of benzene rings is 1. The van der Waals surface area contributed by atoms with Crippen molar-refractivity contribution in [2.75, 3.05) is 26.4 Å². The monoisotopic (exact) mass is 309 g/mol. The Morgan fingerprint density at radius 3 is 2.52 bits per heavy atom. The van der Waals surface area contributed by atoms with Gasteiger partial charge in [-0.15, -0.1) is 0 Å². The van der Waals surface area contributed by atoms with Crippen LogP contribution in [0.25, 0.3) is 10.9 Å². The molecule has 2 rings (SSSR count). The first-order valence-corrected chi connectivity index (χ1v) is 8.59. The number of aromatic nitrogens is 1. The van der Waals surface area contributed by atoms with E-state index in [9.17, 15) is 8.42 Å². The average molecular weight is 309 g/mol. The Morgan fingerprint density at radius 2 is 1.90 bits per heavy atom.